The molecule has 0 bridgehead atoms. The predicted molar refractivity (Wildman–Crippen MR) is 88.2 cm³/mol. The number of aromatic nitrogens is 1. The summed E-state index contributed by atoms with van der Waals surface area (Å²) in [5.74, 6) is -0.907. The highest BCUT2D eigenvalue weighted by Crippen LogP contribution is 2.34. The molecule has 0 unspecified atom stereocenters. The van der Waals surface area contributed by atoms with Crippen LogP contribution < -0.4 is 0 Å². The largest absolute Gasteiger partial charge is 0.478 e. The molecule has 3 aromatic carbocycles. The van der Waals surface area contributed by atoms with Gasteiger partial charge in [0.25, 0.3) is 0 Å². The summed E-state index contributed by atoms with van der Waals surface area (Å²) < 4.78 is 0. The minimum atomic E-state index is -0.907. The van der Waals surface area contributed by atoms with Crippen LogP contribution in [-0.2, 0) is 0 Å². The maximum atomic E-state index is 11.2. The lowest BCUT2D eigenvalue weighted by Crippen LogP contribution is -1.95. The van der Waals surface area contributed by atoms with Crippen LogP contribution in [0.25, 0.3) is 32.8 Å². The summed E-state index contributed by atoms with van der Waals surface area (Å²) in [4.78, 5) is 14.5. The molecule has 0 aliphatic carbocycles. The first kappa shape index (κ1) is 12.7. The summed E-state index contributed by atoms with van der Waals surface area (Å²) in [7, 11) is 0. The number of benzene rings is 3. The fourth-order valence-electron chi connectivity index (χ4n) is 2.93. The highest BCUT2D eigenvalue weighted by atomic mass is 16.4. The van der Waals surface area contributed by atoms with E-state index >= 15 is 0 Å². The summed E-state index contributed by atoms with van der Waals surface area (Å²) in [6.07, 6.45) is 1.98. The summed E-state index contributed by atoms with van der Waals surface area (Å²) >= 11 is 0. The van der Waals surface area contributed by atoms with E-state index < -0.39 is 5.97 Å². The minimum absolute atomic E-state index is 0.305. The highest BCUT2D eigenvalue weighted by Gasteiger charge is 2.11. The number of hydrogen-bond acceptors (Lipinski definition) is 1. The van der Waals surface area contributed by atoms with Crippen molar-refractivity contribution in [1.29, 1.82) is 0 Å². The molecular weight excluding hydrogens is 274 g/mol. The van der Waals surface area contributed by atoms with Gasteiger partial charge in [0.1, 0.15) is 0 Å². The van der Waals surface area contributed by atoms with Crippen molar-refractivity contribution in [3.63, 3.8) is 0 Å². The van der Waals surface area contributed by atoms with Crippen LogP contribution >= 0.6 is 0 Å². The number of fused-ring (bicyclic) bond motifs is 2. The highest BCUT2D eigenvalue weighted by molar-refractivity contribution is 6.06. The van der Waals surface area contributed by atoms with E-state index in [1.807, 2.05) is 48.7 Å². The zero-order valence-electron chi connectivity index (χ0n) is 11.7. The van der Waals surface area contributed by atoms with Crippen LogP contribution in [0.2, 0.25) is 0 Å². The molecule has 0 aliphatic heterocycles. The average molecular weight is 287 g/mol. The Kier molecular flexibility index (Phi) is 2.73. The predicted octanol–water partition coefficient (Wildman–Crippen LogP) is 4.69. The van der Waals surface area contributed by atoms with Crippen LogP contribution in [0, 0.1) is 0 Å². The number of hydrogen-bond donors (Lipinski definition) is 2. The first-order valence-corrected chi connectivity index (χ1v) is 7.06. The van der Waals surface area contributed by atoms with E-state index in [4.69, 9.17) is 0 Å². The number of carbonyl (C=O) groups is 1. The van der Waals surface area contributed by atoms with Gasteiger partial charge in [-0.15, -0.1) is 0 Å². The quantitative estimate of drug-likeness (QED) is 0.562. The van der Waals surface area contributed by atoms with E-state index in [1.54, 1.807) is 12.1 Å². The fourth-order valence-corrected chi connectivity index (χ4v) is 2.93. The SMILES string of the molecule is O=C(O)c1ccc2cccc(-c3c[nH]c4ccccc34)c2c1. The number of para-hydroxylation sites is 1. The van der Waals surface area contributed by atoms with Gasteiger partial charge in [-0.25, -0.2) is 4.79 Å². The van der Waals surface area contributed by atoms with Gasteiger partial charge in [0.05, 0.1) is 5.56 Å². The van der Waals surface area contributed by atoms with Gasteiger partial charge in [-0.05, 0) is 34.5 Å². The molecule has 0 atom stereocenters. The standard InChI is InChI=1S/C19H13NO2/c21-19(22)13-9-8-12-4-3-6-14(16(12)10-13)17-11-20-18-7-2-1-5-15(17)18/h1-11,20H,(H,21,22). The minimum Gasteiger partial charge on any atom is -0.478 e. The molecule has 0 spiro atoms. The molecule has 106 valence electrons. The van der Waals surface area contributed by atoms with Crippen molar-refractivity contribution in [2.24, 2.45) is 0 Å². The Bertz CT molecular complexity index is 1010. The number of nitrogens with one attached hydrogen (secondary N) is 1. The molecule has 0 radical (unpaired) electrons. The summed E-state index contributed by atoms with van der Waals surface area (Å²) in [6, 6.07) is 19.4. The van der Waals surface area contributed by atoms with E-state index in [0.717, 1.165) is 32.8 Å². The van der Waals surface area contributed by atoms with Crippen LogP contribution in [-0.4, -0.2) is 16.1 Å². The Morgan fingerprint density at radius 1 is 0.864 bits per heavy atom. The van der Waals surface area contributed by atoms with Gasteiger partial charge >= 0.3 is 5.97 Å². The van der Waals surface area contributed by atoms with Crippen LogP contribution in [0.4, 0.5) is 0 Å². The van der Waals surface area contributed by atoms with Gasteiger partial charge < -0.3 is 10.1 Å². The van der Waals surface area contributed by atoms with Crippen molar-refractivity contribution in [2.75, 3.05) is 0 Å². The zero-order valence-corrected chi connectivity index (χ0v) is 11.7. The van der Waals surface area contributed by atoms with Gasteiger partial charge in [-0.3, -0.25) is 0 Å². The summed E-state index contributed by atoms with van der Waals surface area (Å²) in [5, 5.41) is 12.4. The third-order valence-electron chi connectivity index (χ3n) is 4.01. The Morgan fingerprint density at radius 3 is 2.59 bits per heavy atom. The smallest absolute Gasteiger partial charge is 0.335 e. The number of carboxylic acids is 1. The molecule has 0 saturated heterocycles. The van der Waals surface area contributed by atoms with Gasteiger partial charge in [0.15, 0.2) is 0 Å². The molecule has 22 heavy (non-hydrogen) atoms. The molecule has 4 aromatic rings. The Hall–Kier alpha value is -3.07. The molecule has 1 aromatic heterocycles. The Labute approximate surface area is 126 Å². The maximum absolute atomic E-state index is 11.2. The second-order valence-corrected chi connectivity index (χ2v) is 5.29. The molecule has 0 aliphatic rings. The van der Waals surface area contributed by atoms with Crippen LogP contribution in [0.3, 0.4) is 0 Å². The lowest BCUT2D eigenvalue weighted by Gasteiger charge is -2.07. The maximum Gasteiger partial charge on any atom is 0.335 e. The number of rotatable bonds is 2. The second kappa shape index (κ2) is 4.74. The molecule has 3 heteroatoms. The number of carboxylic acid groups (broad SMARTS) is 1. The molecule has 2 N–H and O–H groups in total. The normalized spacial score (nSPS) is 11.1. The van der Waals surface area contributed by atoms with E-state index in [1.165, 1.54) is 0 Å². The van der Waals surface area contributed by atoms with Gasteiger partial charge in [0, 0.05) is 22.7 Å². The van der Waals surface area contributed by atoms with Crippen molar-refractivity contribution >= 4 is 27.6 Å². The Balaban J connectivity index is 2.05. The van der Waals surface area contributed by atoms with Crippen LogP contribution in [0.15, 0.2) is 66.9 Å². The fraction of sp³-hybridized carbons (Fsp3) is 0. The van der Waals surface area contributed by atoms with E-state index in [0.29, 0.717) is 5.56 Å². The van der Waals surface area contributed by atoms with Crippen molar-refractivity contribution < 1.29 is 9.90 Å². The monoisotopic (exact) mass is 287 g/mol. The summed E-state index contributed by atoms with van der Waals surface area (Å²) in [5.41, 5.74) is 3.51. The van der Waals surface area contributed by atoms with E-state index in [-0.39, 0.29) is 0 Å². The second-order valence-electron chi connectivity index (χ2n) is 5.29. The summed E-state index contributed by atoms with van der Waals surface area (Å²) in [6.45, 7) is 0. The number of aromatic amines is 1. The van der Waals surface area contributed by atoms with Crippen molar-refractivity contribution in [1.82, 2.24) is 4.98 Å². The Morgan fingerprint density at radius 2 is 1.73 bits per heavy atom. The zero-order chi connectivity index (χ0) is 15.1. The molecule has 0 fully saturated rings. The van der Waals surface area contributed by atoms with E-state index in [9.17, 15) is 9.90 Å². The van der Waals surface area contributed by atoms with Gasteiger partial charge in [0.2, 0.25) is 0 Å². The van der Waals surface area contributed by atoms with Gasteiger partial charge in [-0.2, -0.15) is 0 Å². The van der Waals surface area contributed by atoms with Crippen molar-refractivity contribution in [3.8, 4) is 11.1 Å². The topological polar surface area (TPSA) is 53.1 Å². The molecular formula is C19H13NO2. The number of aromatic carboxylic acids is 1. The first-order valence-electron chi connectivity index (χ1n) is 7.06. The lowest BCUT2D eigenvalue weighted by atomic mass is 9.96. The van der Waals surface area contributed by atoms with Crippen LogP contribution in [0.1, 0.15) is 10.4 Å². The molecule has 0 saturated carbocycles. The van der Waals surface area contributed by atoms with Crippen LogP contribution in [0.5, 0.6) is 0 Å². The number of H-pyrrole nitrogens is 1. The molecule has 3 nitrogen and oxygen atoms in total. The molecule has 0 amide bonds. The third kappa shape index (κ3) is 1.87. The van der Waals surface area contributed by atoms with E-state index in [2.05, 4.69) is 11.1 Å². The average Bonchev–Trinajstić information content (AvgIpc) is 2.97. The molecule has 1 heterocycles. The van der Waals surface area contributed by atoms with Crippen molar-refractivity contribution in [2.45, 2.75) is 0 Å². The lowest BCUT2D eigenvalue weighted by molar-refractivity contribution is 0.0697. The molecule has 4 rings (SSSR count). The van der Waals surface area contributed by atoms with Gasteiger partial charge in [-0.1, -0.05) is 42.5 Å². The third-order valence-corrected chi connectivity index (χ3v) is 4.01. The first-order chi connectivity index (χ1) is 10.7. The van der Waals surface area contributed by atoms with Crippen molar-refractivity contribution in [3.05, 3.63) is 72.4 Å².